The van der Waals surface area contributed by atoms with Crippen LogP contribution in [0, 0.1) is 5.41 Å². The molecule has 0 radical (unpaired) electrons. The molecule has 0 unspecified atom stereocenters. The van der Waals surface area contributed by atoms with Crippen molar-refractivity contribution in [3.63, 3.8) is 0 Å². The summed E-state index contributed by atoms with van der Waals surface area (Å²) in [6.07, 6.45) is 6.77. The predicted molar refractivity (Wildman–Crippen MR) is 64.2 cm³/mol. The van der Waals surface area contributed by atoms with Crippen LogP contribution < -0.4 is 0 Å². The topological polar surface area (TPSA) is 36.7 Å². The van der Waals surface area contributed by atoms with Crippen molar-refractivity contribution in [1.29, 1.82) is 5.41 Å². The average Bonchev–Trinajstić information content (AvgIpc) is 2.21. The molecule has 0 aliphatic rings. The van der Waals surface area contributed by atoms with Crippen molar-refractivity contribution in [1.82, 2.24) is 4.98 Å². The number of aromatic nitrogens is 1. The zero-order valence-electron chi connectivity index (χ0n) is 6.94. The van der Waals surface area contributed by atoms with Crippen molar-refractivity contribution in [2.24, 2.45) is 0 Å². The van der Waals surface area contributed by atoms with Crippen LogP contribution in [0.5, 0.6) is 0 Å². The van der Waals surface area contributed by atoms with Gasteiger partial charge in [-0.15, -0.1) is 0 Å². The van der Waals surface area contributed by atoms with Gasteiger partial charge in [-0.3, -0.25) is 4.98 Å². The van der Waals surface area contributed by atoms with Crippen LogP contribution in [-0.4, -0.2) is 11.2 Å². The number of nitrogens with one attached hydrogen (secondary N) is 1. The fourth-order valence-corrected chi connectivity index (χ4v) is 1.09. The molecule has 0 atom stereocenters. The fraction of sp³-hybridized carbons (Fsp3) is 0. The summed E-state index contributed by atoms with van der Waals surface area (Å²) in [5, 5.41) is 7.21. The number of nitrogens with zero attached hydrogens (tertiary/aromatic N) is 1. The van der Waals surface area contributed by atoms with Gasteiger partial charge in [0.2, 0.25) is 0 Å². The highest BCUT2D eigenvalue weighted by Crippen LogP contribution is 2.08. The molecule has 0 amide bonds. The second-order valence-corrected chi connectivity index (χ2v) is 3.02. The van der Waals surface area contributed by atoms with Crippen LogP contribution in [0.4, 0.5) is 0 Å². The molecule has 0 aliphatic carbocycles. The van der Waals surface area contributed by atoms with Crippen LogP contribution in [0.2, 0.25) is 0 Å². The molecular weight excluding hydrogens is 275 g/mol. The lowest BCUT2D eigenvalue weighted by atomic mass is 10.2. The number of allylic oxidation sites excluding steroid dienone is 3. The fourth-order valence-electron chi connectivity index (χ4n) is 0.881. The second kappa shape index (κ2) is 5.64. The largest absolute Gasteiger partial charge is 0.308 e. The summed E-state index contributed by atoms with van der Waals surface area (Å²) in [5.41, 5.74) is 1.64. The SMILES string of the molecule is N=C/C(=C\C=C/I)c1ccccn1. The summed E-state index contributed by atoms with van der Waals surface area (Å²) >= 11 is 2.14. The Kier molecular flexibility index (Phi) is 4.39. The Balaban J connectivity index is 2.98. The van der Waals surface area contributed by atoms with Crippen LogP contribution in [0.25, 0.3) is 5.57 Å². The summed E-state index contributed by atoms with van der Waals surface area (Å²) in [6, 6.07) is 5.66. The molecule has 2 nitrogen and oxygen atoms in total. The number of hydrogen-bond donors (Lipinski definition) is 1. The van der Waals surface area contributed by atoms with E-state index in [1.807, 2.05) is 34.4 Å². The van der Waals surface area contributed by atoms with Crippen LogP contribution in [0.3, 0.4) is 0 Å². The lowest BCUT2D eigenvalue weighted by Gasteiger charge is -1.97. The molecule has 1 rings (SSSR count). The Labute approximate surface area is 91.0 Å². The van der Waals surface area contributed by atoms with E-state index in [1.54, 1.807) is 6.20 Å². The monoisotopic (exact) mass is 284 g/mol. The maximum absolute atomic E-state index is 7.21. The number of rotatable bonds is 3. The third kappa shape index (κ3) is 3.10. The van der Waals surface area contributed by atoms with Crippen molar-refractivity contribution in [3.05, 3.63) is 46.3 Å². The van der Waals surface area contributed by atoms with E-state index >= 15 is 0 Å². The zero-order valence-corrected chi connectivity index (χ0v) is 9.10. The van der Waals surface area contributed by atoms with E-state index in [-0.39, 0.29) is 0 Å². The molecule has 66 valence electrons. The molecule has 1 N–H and O–H groups in total. The quantitative estimate of drug-likeness (QED) is 0.517. The highest BCUT2D eigenvalue weighted by molar-refractivity contribution is 14.1. The summed E-state index contributed by atoms with van der Waals surface area (Å²) < 4.78 is 1.89. The molecule has 0 saturated carbocycles. The molecule has 1 aromatic rings. The first kappa shape index (κ1) is 10.1. The molecule has 0 aliphatic heterocycles. The first-order chi connectivity index (χ1) is 6.38. The standard InChI is InChI=1S/C10H9IN2/c11-6-3-4-9(8-12)10-5-1-2-7-13-10/h1-8,12H/b6-3-,9-4+,12-8?. The average molecular weight is 284 g/mol. The molecule has 0 fully saturated rings. The van der Waals surface area contributed by atoms with E-state index in [0.29, 0.717) is 0 Å². The van der Waals surface area contributed by atoms with Gasteiger partial charge in [0, 0.05) is 18.0 Å². The van der Waals surface area contributed by atoms with Crippen molar-refractivity contribution in [2.45, 2.75) is 0 Å². The van der Waals surface area contributed by atoms with Crippen molar-refractivity contribution >= 4 is 34.4 Å². The normalized spacial score (nSPS) is 11.9. The van der Waals surface area contributed by atoms with E-state index in [9.17, 15) is 0 Å². The number of pyridine rings is 1. The van der Waals surface area contributed by atoms with Gasteiger partial charge in [0.1, 0.15) is 0 Å². The van der Waals surface area contributed by atoms with E-state index < -0.39 is 0 Å². The maximum Gasteiger partial charge on any atom is 0.0717 e. The van der Waals surface area contributed by atoms with Crippen molar-refractivity contribution < 1.29 is 0 Å². The molecule has 0 aromatic carbocycles. The lowest BCUT2D eigenvalue weighted by Crippen LogP contribution is -1.87. The minimum atomic E-state index is 0.813. The molecule has 0 spiro atoms. The first-order valence-electron chi connectivity index (χ1n) is 3.77. The summed E-state index contributed by atoms with van der Waals surface area (Å²) in [4.78, 5) is 4.15. The van der Waals surface area contributed by atoms with Gasteiger partial charge >= 0.3 is 0 Å². The van der Waals surface area contributed by atoms with Gasteiger partial charge in [-0.2, -0.15) is 0 Å². The molecule has 13 heavy (non-hydrogen) atoms. The van der Waals surface area contributed by atoms with E-state index in [0.717, 1.165) is 11.3 Å². The zero-order chi connectivity index (χ0) is 9.52. The minimum absolute atomic E-state index is 0.813. The molecule has 1 aromatic heterocycles. The lowest BCUT2D eigenvalue weighted by molar-refractivity contribution is 1.29. The Morgan fingerprint density at radius 1 is 1.46 bits per heavy atom. The van der Waals surface area contributed by atoms with E-state index in [2.05, 4.69) is 27.6 Å². The Morgan fingerprint density at radius 2 is 2.31 bits per heavy atom. The molecule has 3 heteroatoms. The van der Waals surface area contributed by atoms with Gasteiger partial charge in [-0.05, 0) is 16.2 Å². The molecule has 0 saturated heterocycles. The van der Waals surface area contributed by atoms with Crippen LogP contribution in [-0.2, 0) is 0 Å². The predicted octanol–water partition coefficient (Wildman–Crippen LogP) is 3.06. The molecule has 1 heterocycles. The van der Waals surface area contributed by atoms with Crippen LogP contribution >= 0.6 is 22.6 Å². The molecule has 0 bridgehead atoms. The minimum Gasteiger partial charge on any atom is -0.308 e. The third-order valence-electron chi connectivity index (χ3n) is 1.46. The van der Waals surface area contributed by atoms with Gasteiger partial charge in [0.15, 0.2) is 0 Å². The van der Waals surface area contributed by atoms with Crippen molar-refractivity contribution in [3.8, 4) is 0 Å². The van der Waals surface area contributed by atoms with Crippen LogP contribution in [0.15, 0.2) is 40.6 Å². The van der Waals surface area contributed by atoms with E-state index in [1.165, 1.54) is 6.21 Å². The second-order valence-electron chi connectivity index (χ2n) is 2.30. The van der Waals surface area contributed by atoms with Gasteiger partial charge in [0.25, 0.3) is 0 Å². The third-order valence-corrected chi connectivity index (χ3v) is 1.88. The molecular formula is C10H9IN2. The van der Waals surface area contributed by atoms with E-state index in [4.69, 9.17) is 5.41 Å². The smallest absolute Gasteiger partial charge is 0.0717 e. The summed E-state index contributed by atoms with van der Waals surface area (Å²) in [7, 11) is 0. The maximum atomic E-state index is 7.21. The van der Waals surface area contributed by atoms with Gasteiger partial charge in [-0.25, -0.2) is 0 Å². The van der Waals surface area contributed by atoms with Crippen LogP contribution in [0.1, 0.15) is 5.69 Å². The van der Waals surface area contributed by atoms with Crippen molar-refractivity contribution in [2.75, 3.05) is 0 Å². The number of halogens is 1. The van der Waals surface area contributed by atoms with Gasteiger partial charge in [-0.1, -0.05) is 40.8 Å². The summed E-state index contributed by atoms with van der Waals surface area (Å²) in [6.45, 7) is 0. The Hall–Kier alpha value is -0.970. The van der Waals surface area contributed by atoms with Gasteiger partial charge < -0.3 is 5.41 Å². The summed E-state index contributed by atoms with van der Waals surface area (Å²) in [5.74, 6) is 0. The number of hydrogen-bond acceptors (Lipinski definition) is 2. The highest BCUT2D eigenvalue weighted by atomic mass is 127. The highest BCUT2D eigenvalue weighted by Gasteiger charge is 1.95. The Bertz CT molecular complexity index is 328. The first-order valence-corrected chi connectivity index (χ1v) is 5.02. The Morgan fingerprint density at radius 3 is 2.85 bits per heavy atom. The van der Waals surface area contributed by atoms with Gasteiger partial charge in [0.05, 0.1) is 5.69 Å².